The Morgan fingerprint density at radius 3 is 2.75 bits per heavy atom. The number of aromatic nitrogens is 1. The fraction of sp³-hybridized carbons (Fsp3) is 0.188. The van der Waals surface area contributed by atoms with E-state index in [0.717, 1.165) is 17.0 Å². The number of pyridine rings is 1. The Balaban J connectivity index is 1.78. The smallest absolute Gasteiger partial charge is 0.119 e. The molecule has 1 N–H and O–H groups in total. The Labute approximate surface area is 122 Å². The van der Waals surface area contributed by atoms with E-state index in [2.05, 4.69) is 28.7 Å². The van der Waals surface area contributed by atoms with Crippen molar-refractivity contribution in [1.29, 1.82) is 0 Å². The second-order valence-corrected chi connectivity index (χ2v) is 5.61. The van der Waals surface area contributed by atoms with Crippen LogP contribution in [0.1, 0.15) is 18.5 Å². The number of methoxy groups -OCH3 is 1. The summed E-state index contributed by atoms with van der Waals surface area (Å²) in [4.78, 5) is 4.48. The fourth-order valence-corrected chi connectivity index (χ4v) is 2.91. The molecule has 1 aromatic carbocycles. The Hall–Kier alpha value is -2.07. The zero-order chi connectivity index (χ0) is 13.9. The highest BCUT2D eigenvalue weighted by molar-refractivity contribution is 7.17. The zero-order valence-corrected chi connectivity index (χ0v) is 12.3. The van der Waals surface area contributed by atoms with Crippen LogP contribution < -0.4 is 10.1 Å². The van der Waals surface area contributed by atoms with Gasteiger partial charge in [-0.3, -0.25) is 4.98 Å². The first-order valence-corrected chi connectivity index (χ1v) is 7.38. The Bertz CT molecular complexity index is 706. The van der Waals surface area contributed by atoms with Gasteiger partial charge >= 0.3 is 0 Å². The van der Waals surface area contributed by atoms with Crippen LogP contribution in [0.25, 0.3) is 10.2 Å². The molecule has 0 radical (unpaired) electrons. The molecule has 102 valence electrons. The van der Waals surface area contributed by atoms with Gasteiger partial charge in [0.15, 0.2) is 0 Å². The molecule has 3 rings (SSSR count). The van der Waals surface area contributed by atoms with E-state index in [-0.39, 0.29) is 6.04 Å². The minimum absolute atomic E-state index is 0.211. The molecule has 1 unspecified atom stereocenters. The van der Waals surface area contributed by atoms with Crippen molar-refractivity contribution in [2.24, 2.45) is 0 Å². The summed E-state index contributed by atoms with van der Waals surface area (Å²) in [5, 5.41) is 5.55. The van der Waals surface area contributed by atoms with E-state index < -0.39 is 0 Å². The topological polar surface area (TPSA) is 34.1 Å². The molecule has 0 saturated heterocycles. The molecular formula is C16H16N2OS. The van der Waals surface area contributed by atoms with Gasteiger partial charge in [0.25, 0.3) is 0 Å². The summed E-state index contributed by atoms with van der Waals surface area (Å²) >= 11 is 1.72. The molecule has 3 nitrogen and oxygen atoms in total. The van der Waals surface area contributed by atoms with Gasteiger partial charge in [-0.25, -0.2) is 0 Å². The normalized spacial score (nSPS) is 12.3. The highest BCUT2D eigenvalue weighted by Gasteiger charge is 2.07. The second-order valence-electron chi connectivity index (χ2n) is 4.67. The molecule has 0 bridgehead atoms. The highest BCUT2D eigenvalue weighted by atomic mass is 32.1. The monoisotopic (exact) mass is 284 g/mol. The van der Waals surface area contributed by atoms with Crippen molar-refractivity contribution in [3.8, 4) is 5.75 Å². The number of benzene rings is 1. The van der Waals surface area contributed by atoms with Crippen LogP contribution in [-0.4, -0.2) is 12.1 Å². The van der Waals surface area contributed by atoms with Crippen LogP contribution in [-0.2, 0) is 0 Å². The molecule has 0 spiro atoms. The van der Waals surface area contributed by atoms with Gasteiger partial charge in [-0.05, 0) is 54.3 Å². The number of ether oxygens (including phenoxy) is 1. The van der Waals surface area contributed by atoms with Crippen LogP contribution in [0.3, 0.4) is 0 Å². The number of thiophene rings is 1. The van der Waals surface area contributed by atoms with Crippen LogP contribution in [0.15, 0.2) is 48.0 Å². The number of rotatable bonds is 4. The maximum Gasteiger partial charge on any atom is 0.119 e. The summed E-state index contributed by atoms with van der Waals surface area (Å²) in [5.74, 6) is 0.866. The molecule has 0 saturated carbocycles. The van der Waals surface area contributed by atoms with Crippen molar-refractivity contribution < 1.29 is 4.74 Å². The van der Waals surface area contributed by atoms with E-state index in [1.54, 1.807) is 18.4 Å². The molecule has 2 heterocycles. The first-order valence-electron chi connectivity index (χ1n) is 6.50. The number of anilines is 1. The van der Waals surface area contributed by atoms with Crippen molar-refractivity contribution in [3.63, 3.8) is 0 Å². The largest absolute Gasteiger partial charge is 0.497 e. The van der Waals surface area contributed by atoms with Gasteiger partial charge < -0.3 is 10.1 Å². The molecule has 2 aromatic heterocycles. The quantitative estimate of drug-likeness (QED) is 0.767. The van der Waals surface area contributed by atoms with Gasteiger partial charge in [0.1, 0.15) is 5.75 Å². The predicted molar refractivity (Wildman–Crippen MR) is 84.7 cm³/mol. The first-order chi connectivity index (χ1) is 9.76. The van der Waals surface area contributed by atoms with Crippen LogP contribution in [0.2, 0.25) is 0 Å². The molecule has 20 heavy (non-hydrogen) atoms. The van der Waals surface area contributed by atoms with Crippen molar-refractivity contribution in [3.05, 3.63) is 53.5 Å². The predicted octanol–water partition coefficient (Wildman–Crippen LogP) is 4.48. The van der Waals surface area contributed by atoms with Gasteiger partial charge in [0.2, 0.25) is 0 Å². The lowest BCUT2D eigenvalue weighted by Crippen LogP contribution is -2.06. The van der Waals surface area contributed by atoms with Crippen LogP contribution >= 0.6 is 11.3 Å². The van der Waals surface area contributed by atoms with Gasteiger partial charge in [0.05, 0.1) is 23.4 Å². The third-order valence-corrected chi connectivity index (χ3v) is 4.15. The molecule has 3 aromatic rings. The average molecular weight is 284 g/mol. The minimum Gasteiger partial charge on any atom is -0.497 e. The first kappa shape index (κ1) is 12.9. The molecule has 0 aliphatic rings. The van der Waals surface area contributed by atoms with Crippen molar-refractivity contribution in [2.75, 3.05) is 12.4 Å². The molecule has 4 heteroatoms. The molecular weight excluding hydrogens is 268 g/mol. The number of hydrogen-bond acceptors (Lipinski definition) is 4. The van der Waals surface area contributed by atoms with E-state index in [0.29, 0.717) is 0 Å². The lowest BCUT2D eigenvalue weighted by atomic mass is 10.1. The van der Waals surface area contributed by atoms with Crippen molar-refractivity contribution in [2.45, 2.75) is 13.0 Å². The van der Waals surface area contributed by atoms with Gasteiger partial charge in [-0.2, -0.15) is 0 Å². The van der Waals surface area contributed by atoms with E-state index in [9.17, 15) is 0 Å². The van der Waals surface area contributed by atoms with Gasteiger partial charge in [-0.15, -0.1) is 11.3 Å². The maximum atomic E-state index is 5.16. The highest BCUT2D eigenvalue weighted by Crippen LogP contribution is 2.25. The third-order valence-electron chi connectivity index (χ3n) is 3.30. The number of nitrogens with one attached hydrogen (secondary N) is 1. The SMILES string of the molecule is COc1ccc(NC(C)c2cnc3ccsc3c2)cc1. The number of nitrogens with zero attached hydrogens (tertiary/aromatic N) is 1. The summed E-state index contributed by atoms with van der Waals surface area (Å²) in [6, 6.07) is 12.4. The van der Waals surface area contributed by atoms with Crippen LogP contribution in [0.5, 0.6) is 5.75 Å². The molecule has 0 fully saturated rings. The van der Waals surface area contributed by atoms with Gasteiger partial charge in [0, 0.05) is 11.9 Å². The molecule has 0 aliphatic carbocycles. The summed E-state index contributed by atoms with van der Waals surface area (Å²) in [5.41, 5.74) is 3.33. The molecule has 1 atom stereocenters. The fourth-order valence-electron chi connectivity index (χ4n) is 2.12. The Morgan fingerprint density at radius 1 is 1.20 bits per heavy atom. The van der Waals surface area contributed by atoms with Crippen molar-refractivity contribution in [1.82, 2.24) is 4.98 Å². The van der Waals surface area contributed by atoms with Crippen LogP contribution in [0, 0.1) is 0 Å². The third kappa shape index (κ3) is 2.60. The Kier molecular flexibility index (Phi) is 3.56. The standard InChI is InChI=1S/C16H16N2OS/c1-11(18-13-3-5-14(19-2)6-4-13)12-9-16-15(17-10-12)7-8-20-16/h3-11,18H,1-2H3. The summed E-state index contributed by atoms with van der Waals surface area (Å²) in [6.45, 7) is 2.14. The van der Waals surface area contributed by atoms with E-state index >= 15 is 0 Å². The van der Waals surface area contributed by atoms with E-state index in [1.807, 2.05) is 36.5 Å². The lowest BCUT2D eigenvalue weighted by molar-refractivity contribution is 0.415. The molecule has 0 aliphatic heterocycles. The lowest BCUT2D eigenvalue weighted by Gasteiger charge is -2.15. The summed E-state index contributed by atoms with van der Waals surface area (Å²) in [6.07, 6.45) is 1.94. The average Bonchev–Trinajstić information content (AvgIpc) is 2.95. The minimum atomic E-state index is 0.211. The summed E-state index contributed by atoms with van der Waals surface area (Å²) < 4.78 is 6.39. The zero-order valence-electron chi connectivity index (χ0n) is 11.5. The number of fused-ring (bicyclic) bond motifs is 1. The van der Waals surface area contributed by atoms with Crippen molar-refractivity contribution >= 4 is 27.2 Å². The number of hydrogen-bond donors (Lipinski definition) is 1. The van der Waals surface area contributed by atoms with Gasteiger partial charge in [-0.1, -0.05) is 0 Å². The molecule has 0 amide bonds. The van der Waals surface area contributed by atoms with E-state index in [1.165, 1.54) is 10.3 Å². The van der Waals surface area contributed by atoms with Crippen LogP contribution in [0.4, 0.5) is 5.69 Å². The maximum absolute atomic E-state index is 5.16. The van der Waals surface area contributed by atoms with E-state index in [4.69, 9.17) is 4.74 Å². The Morgan fingerprint density at radius 2 is 2.00 bits per heavy atom. The second kappa shape index (κ2) is 5.51. The summed E-state index contributed by atoms with van der Waals surface area (Å²) in [7, 11) is 1.67.